The van der Waals surface area contributed by atoms with Crippen molar-refractivity contribution in [3.05, 3.63) is 27.9 Å². The molecular formula is C10H10O3. The Balaban J connectivity index is 2.79. The molecular weight excluding hydrogens is 168 g/mol. The Morgan fingerprint density at radius 3 is 2.38 bits per heavy atom. The highest BCUT2D eigenvalue weighted by molar-refractivity contribution is 6.01. The highest BCUT2D eigenvalue weighted by Gasteiger charge is 2.29. The summed E-state index contributed by atoms with van der Waals surface area (Å²) >= 11 is 0. The van der Waals surface area contributed by atoms with Gasteiger partial charge in [0.2, 0.25) is 0 Å². The third-order valence-corrected chi connectivity index (χ3v) is 2.20. The van der Waals surface area contributed by atoms with Crippen molar-refractivity contribution < 1.29 is 10.2 Å². The Morgan fingerprint density at radius 2 is 1.92 bits per heavy atom. The summed E-state index contributed by atoms with van der Waals surface area (Å²) in [5.41, 5.74) is -0.894. The molecule has 0 aliphatic rings. The second-order valence-electron chi connectivity index (χ2n) is 3.77. The molecule has 0 aromatic heterocycles. The van der Waals surface area contributed by atoms with Crippen LogP contribution in [0.15, 0.2) is 16.9 Å². The van der Waals surface area contributed by atoms with Gasteiger partial charge in [-0.15, -0.1) is 0 Å². The van der Waals surface area contributed by atoms with Gasteiger partial charge in [-0.25, -0.2) is 0 Å². The third-order valence-electron chi connectivity index (χ3n) is 2.20. The van der Waals surface area contributed by atoms with Crippen molar-refractivity contribution in [2.75, 3.05) is 0 Å². The van der Waals surface area contributed by atoms with E-state index in [9.17, 15) is 15.0 Å². The minimum atomic E-state index is -1.17. The van der Waals surface area contributed by atoms with E-state index in [1.807, 2.05) is 0 Å². The number of rotatable bonds is 1. The average Bonchev–Trinajstić information content (AvgIpc) is 2.59. The van der Waals surface area contributed by atoms with Gasteiger partial charge in [0.25, 0.3) is 0 Å². The van der Waals surface area contributed by atoms with E-state index in [0.717, 1.165) is 0 Å². The van der Waals surface area contributed by atoms with Gasteiger partial charge in [0.05, 0.1) is 5.60 Å². The molecule has 0 spiro atoms. The lowest BCUT2D eigenvalue weighted by Gasteiger charge is -2.17. The third kappa shape index (κ3) is 1.04. The Hall–Kier alpha value is -1.35. The van der Waals surface area contributed by atoms with Gasteiger partial charge in [-0.3, -0.25) is 4.79 Å². The van der Waals surface area contributed by atoms with E-state index in [2.05, 4.69) is 0 Å². The summed E-state index contributed by atoms with van der Waals surface area (Å²) in [5, 5.41) is 20.2. The molecule has 0 saturated carbocycles. The highest BCUT2D eigenvalue weighted by Crippen LogP contribution is 2.36. The SMILES string of the molecule is CC(C)(O)c1c(O)ccc2c(=O)c12. The van der Waals surface area contributed by atoms with Gasteiger partial charge >= 0.3 is 0 Å². The monoisotopic (exact) mass is 178 g/mol. The van der Waals surface area contributed by atoms with E-state index in [-0.39, 0.29) is 11.2 Å². The van der Waals surface area contributed by atoms with E-state index < -0.39 is 5.60 Å². The summed E-state index contributed by atoms with van der Waals surface area (Å²) in [7, 11) is 0. The molecule has 0 unspecified atom stereocenters. The maximum atomic E-state index is 11.1. The molecule has 0 aliphatic carbocycles. The van der Waals surface area contributed by atoms with Crippen LogP contribution in [0.25, 0.3) is 10.8 Å². The van der Waals surface area contributed by atoms with E-state index in [4.69, 9.17) is 0 Å². The highest BCUT2D eigenvalue weighted by atomic mass is 16.3. The Kier molecular flexibility index (Phi) is 1.34. The Labute approximate surface area is 74.9 Å². The predicted octanol–water partition coefficient (Wildman–Crippen LogP) is 1.01. The smallest absolute Gasteiger partial charge is 0.195 e. The van der Waals surface area contributed by atoms with Crippen LogP contribution in [0, 0.1) is 0 Å². The van der Waals surface area contributed by atoms with Crippen LogP contribution in [0.1, 0.15) is 19.4 Å². The molecule has 0 atom stereocenters. The van der Waals surface area contributed by atoms with E-state index in [1.165, 1.54) is 6.07 Å². The Morgan fingerprint density at radius 1 is 1.31 bits per heavy atom. The number of benzene rings is 1. The van der Waals surface area contributed by atoms with Gasteiger partial charge in [0.15, 0.2) is 5.43 Å². The average molecular weight is 178 g/mol. The molecule has 0 fully saturated rings. The van der Waals surface area contributed by atoms with Crippen molar-refractivity contribution >= 4 is 10.8 Å². The fourth-order valence-corrected chi connectivity index (χ4v) is 1.58. The number of hydrogen-bond acceptors (Lipinski definition) is 3. The van der Waals surface area contributed by atoms with Crippen molar-refractivity contribution in [3.63, 3.8) is 0 Å². The standard InChI is InChI=1S/C10H10O3/c1-10(2,13)8-6(11)4-3-5-7(8)9(5)12/h3-4,11,13H,1-2H3. The minimum Gasteiger partial charge on any atom is -0.508 e. The molecule has 3 nitrogen and oxygen atoms in total. The zero-order chi connectivity index (χ0) is 9.80. The van der Waals surface area contributed by atoms with E-state index in [1.54, 1.807) is 19.9 Å². The second kappa shape index (κ2) is 2.12. The van der Waals surface area contributed by atoms with Crippen LogP contribution in [0.2, 0.25) is 0 Å². The zero-order valence-corrected chi connectivity index (χ0v) is 7.46. The molecule has 2 aromatic rings. The van der Waals surface area contributed by atoms with Gasteiger partial charge in [-0.1, -0.05) is 0 Å². The summed E-state index contributed by atoms with van der Waals surface area (Å²) in [6.07, 6.45) is 0. The van der Waals surface area contributed by atoms with Crippen molar-refractivity contribution in [1.82, 2.24) is 0 Å². The zero-order valence-electron chi connectivity index (χ0n) is 7.46. The van der Waals surface area contributed by atoms with Crippen molar-refractivity contribution in [1.29, 1.82) is 0 Å². The fourth-order valence-electron chi connectivity index (χ4n) is 1.58. The predicted molar refractivity (Wildman–Crippen MR) is 49.5 cm³/mol. The van der Waals surface area contributed by atoms with Crippen molar-refractivity contribution in [3.8, 4) is 5.75 Å². The fraction of sp³-hybridized carbons (Fsp3) is 0.300. The normalized spacial score (nSPS) is 12.8. The van der Waals surface area contributed by atoms with Crippen LogP contribution in [-0.4, -0.2) is 10.2 Å². The maximum absolute atomic E-state index is 11.1. The first-order chi connectivity index (χ1) is 5.93. The first kappa shape index (κ1) is 8.26. The quantitative estimate of drug-likeness (QED) is 0.685. The van der Waals surface area contributed by atoms with Gasteiger partial charge in [0, 0.05) is 16.3 Å². The lowest BCUT2D eigenvalue weighted by atomic mass is 9.97. The molecule has 0 aliphatic heterocycles. The number of aromatic hydroxyl groups is 1. The molecule has 2 N–H and O–H groups in total. The number of aliphatic hydroxyl groups is 1. The lowest BCUT2D eigenvalue weighted by molar-refractivity contribution is 0.0776. The molecule has 2 aromatic carbocycles. The van der Waals surface area contributed by atoms with Gasteiger partial charge in [-0.05, 0) is 26.0 Å². The Bertz CT molecular complexity index is 482. The van der Waals surface area contributed by atoms with Gasteiger partial charge in [0.1, 0.15) is 5.75 Å². The number of phenols is 1. The van der Waals surface area contributed by atoms with Crippen molar-refractivity contribution in [2.24, 2.45) is 0 Å². The van der Waals surface area contributed by atoms with Crippen LogP contribution in [0.5, 0.6) is 5.75 Å². The van der Waals surface area contributed by atoms with E-state index >= 15 is 0 Å². The molecule has 13 heavy (non-hydrogen) atoms. The molecule has 0 saturated heterocycles. The maximum Gasteiger partial charge on any atom is 0.195 e. The van der Waals surface area contributed by atoms with Crippen molar-refractivity contribution in [2.45, 2.75) is 19.4 Å². The van der Waals surface area contributed by atoms with Crippen LogP contribution < -0.4 is 5.43 Å². The minimum absolute atomic E-state index is 0.0166. The molecule has 68 valence electrons. The lowest BCUT2D eigenvalue weighted by Crippen LogP contribution is -2.15. The number of hydrogen-bond donors (Lipinski definition) is 2. The molecule has 0 bridgehead atoms. The number of fused-ring (bicyclic) bond motifs is 1. The molecule has 0 amide bonds. The van der Waals surface area contributed by atoms with Crippen LogP contribution in [0.3, 0.4) is 0 Å². The van der Waals surface area contributed by atoms with Crippen LogP contribution in [0.4, 0.5) is 0 Å². The van der Waals surface area contributed by atoms with Gasteiger partial charge in [-0.2, -0.15) is 0 Å². The first-order valence-corrected chi connectivity index (χ1v) is 4.06. The summed E-state index contributed by atoms with van der Waals surface area (Å²) < 4.78 is 0. The summed E-state index contributed by atoms with van der Waals surface area (Å²) in [6, 6.07) is 3.01. The largest absolute Gasteiger partial charge is 0.508 e. The van der Waals surface area contributed by atoms with Crippen LogP contribution >= 0.6 is 0 Å². The van der Waals surface area contributed by atoms with Gasteiger partial charge < -0.3 is 10.2 Å². The molecule has 2 rings (SSSR count). The topological polar surface area (TPSA) is 57.5 Å². The summed E-state index contributed by atoms with van der Waals surface area (Å²) in [4.78, 5) is 11.1. The molecule has 0 heterocycles. The second-order valence-corrected chi connectivity index (χ2v) is 3.77. The van der Waals surface area contributed by atoms with E-state index in [0.29, 0.717) is 16.3 Å². The number of phenolic OH excluding ortho intramolecular Hbond substituents is 1. The molecule has 3 heteroatoms. The first-order valence-electron chi connectivity index (χ1n) is 4.06. The summed E-state index contributed by atoms with van der Waals surface area (Å²) in [6.45, 7) is 3.10. The van der Waals surface area contributed by atoms with Crippen LogP contribution in [-0.2, 0) is 5.60 Å². The molecule has 0 radical (unpaired) electrons. The summed E-state index contributed by atoms with van der Waals surface area (Å²) in [5.74, 6) is -0.0166.